The number of nitrogens with one attached hydrogen (secondary N) is 2. The van der Waals surface area contributed by atoms with Gasteiger partial charge in [0.05, 0.1) is 6.61 Å². The molecule has 1 aliphatic heterocycles. The summed E-state index contributed by atoms with van der Waals surface area (Å²) >= 11 is 3.62. The lowest BCUT2D eigenvalue weighted by molar-refractivity contribution is -0.130. The van der Waals surface area contributed by atoms with E-state index in [9.17, 15) is 13.6 Å². The van der Waals surface area contributed by atoms with Crippen LogP contribution in [0.25, 0.3) is 0 Å². The number of amides is 1. The van der Waals surface area contributed by atoms with Gasteiger partial charge in [-0.15, -0.1) is 0 Å². The number of aliphatic hydroxyl groups excluding tert-OH is 1. The van der Waals surface area contributed by atoms with Crippen molar-refractivity contribution in [3.05, 3.63) is 135 Å². The van der Waals surface area contributed by atoms with Crippen molar-refractivity contribution in [3.63, 3.8) is 0 Å². The van der Waals surface area contributed by atoms with Crippen LogP contribution in [0.15, 0.2) is 107 Å². The minimum Gasteiger partial charge on any atom is -0.494 e. The van der Waals surface area contributed by atoms with Gasteiger partial charge in [-0.3, -0.25) is 10.2 Å². The molecule has 5 rings (SSSR count). The molecular formula is C33H30BrF2N3O4. The highest BCUT2D eigenvalue weighted by atomic mass is 79.9. The molecule has 222 valence electrons. The normalized spacial score (nSPS) is 17.7. The van der Waals surface area contributed by atoms with Crippen LogP contribution in [0.3, 0.4) is 0 Å². The summed E-state index contributed by atoms with van der Waals surface area (Å²) in [5.41, 5.74) is 6.64. The van der Waals surface area contributed by atoms with Crippen LogP contribution in [0.2, 0.25) is 0 Å². The topological polar surface area (TPSA) is 92.2 Å². The highest BCUT2D eigenvalue weighted by Crippen LogP contribution is 2.44. The Balaban J connectivity index is 1.51. The molecule has 43 heavy (non-hydrogen) atoms. The first-order valence-corrected chi connectivity index (χ1v) is 14.5. The molecule has 4 aromatic carbocycles. The summed E-state index contributed by atoms with van der Waals surface area (Å²) in [6.07, 6.45) is -0.106. The van der Waals surface area contributed by atoms with Crippen molar-refractivity contribution in [2.45, 2.75) is 31.0 Å². The Labute approximate surface area is 256 Å². The van der Waals surface area contributed by atoms with Crippen molar-refractivity contribution in [1.82, 2.24) is 10.9 Å². The summed E-state index contributed by atoms with van der Waals surface area (Å²) in [5.74, 6) is -0.986. The first kappa shape index (κ1) is 30.3. The standard InChI is InChI=1S/C33H30BrF2N3O4/c34-29-10-5-4-9-28(29)30-33(20-22-7-2-1-3-8-22,32(41)39-37-21-23-17-25(35)19-26(36)18-23)38-31(43-30)24-11-13-27(14-12-24)42-16-6-15-40/h1-5,7-14,17-19,30,37,40H,6,15-16,20-21H2,(H,39,41)/t30-,33-/m0/s1. The van der Waals surface area contributed by atoms with Gasteiger partial charge in [0, 0.05) is 47.7 Å². The summed E-state index contributed by atoms with van der Waals surface area (Å²) in [6.45, 7) is 0.405. The highest BCUT2D eigenvalue weighted by Gasteiger charge is 2.53. The van der Waals surface area contributed by atoms with Crippen LogP contribution in [-0.2, 0) is 22.5 Å². The van der Waals surface area contributed by atoms with Gasteiger partial charge in [-0.2, -0.15) is 0 Å². The molecule has 1 amide bonds. The van der Waals surface area contributed by atoms with Crippen LogP contribution in [0.1, 0.15) is 34.8 Å². The fourth-order valence-electron chi connectivity index (χ4n) is 4.90. The number of nitrogens with zero attached hydrogens (tertiary/aromatic N) is 1. The Kier molecular flexibility index (Phi) is 9.81. The lowest BCUT2D eigenvalue weighted by Gasteiger charge is -2.31. The van der Waals surface area contributed by atoms with E-state index in [1.165, 1.54) is 12.1 Å². The third-order valence-corrected chi connectivity index (χ3v) is 7.67. The second kappa shape index (κ2) is 13.9. The van der Waals surface area contributed by atoms with Crippen molar-refractivity contribution in [3.8, 4) is 5.75 Å². The number of halogens is 3. The predicted octanol–water partition coefficient (Wildman–Crippen LogP) is 5.81. The molecule has 0 radical (unpaired) electrons. The average molecular weight is 651 g/mol. The van der Waals surface area contributed by atoms with Gasteiger partial charge >= 0.3 is 0 Å². The quantitative estimate of drug-likeness (QED) is 0.133. The predicted molar refractivity (Wildman–Crippen MR) is 162 cm³/mol. The van der Waals surface area contributed by atoms with E-state index >= 15 is 0 Å². The minimum absolute atomic E-state index is 0.0172. The molecule has 2 atom stereocenters. The van der Waals surface area contributed by atoms with Crippen LogP contribution in [0.5, 0.6) is 5.75 Å². The number of hydrazine groups is 1. The van der Waals surface area contributed by atoms with E-state index in [0.717, 1.165) is 21.7 Å². The number of hydrogen-bond donors (Lipinski definition) is 3. The second-order valence-corrected chi connectivity index (χ2v) is 10.9. The molecule has 0 bridgehead atoms. The zero-order valence-corrected chi connectivity index (χ0v) is 24.7. The minimum atomic E-state index is -1.46. The molecular weight excluding hydrogens is 620 g/mol. The molecule has 0 spiro atoms. The van der Waals surface area contributed by atoms with Gasteiger partial charge in [-0.05, 0) is 53.6 Å². The number of carbonyl (C=O) groups is 1. The van der Waals surface area contributed by atoms with Gasteiger partial charge in [0.2, 0.25) is 5.90 Å². The Bertz CT molecular complexity index is 1570. The molecule has 0 unspecified atom stereocenters. The molecule has 0 fully saturated rings. The van der Waals surface area contributed by atoms with Crippen LogP contribution in [-0.4, -0.2) is 35.7 Å². The van der Waals surface area contributed by atoms with E-state index in [0.29, 0.717) is 29.9 Å². The maximum atomic E-state index is 14.2. The zero-order chi connectivity index (χ0) is 30.2. The Morgan fingerprint density at radius 3 is 2.35 bits per heavy atom. The van der Waals surface area contributed by atoms with E-state index in [1.54, 1.807) is 24.3 Å². The smallest absolute Gasteiger partial charge is 0.266 e. The van der Waals surface area contributed by atoms with E-state index in [4.69, 9.17) is 19.6 Å². The van der Waals surface area contributed by atoms with Crippen LogP contribution >= 0.6 is 15.9 Å². The first-order valence-electron chi connectivity index (χ1n) is 13.8. The van der Waals surface area contributed by atoms with Gasteiger partial charge in [-0.1, -0.05) is 64.5 Å². The number of carbonyl (C=O) groups excluding carboxylic acids is 1. The first-order chi connectivity index (χ1) is 20.9. The van der Waals surface area contributed by atoms with Gasteiger partial charge in [0.1, 0.15) is 17.4 Å². The molecule has 0 saturated heterocycles. The Morgan fingerprint density at radius 2 is 1.65 bits per heavy atom. The molecule has 1 aliphatic rings. The van der Waals surface area contributed by atoms with Crippen molar-refractivity contribution in [1.29, 1.82) is 0 Å². The fourth-order valence-corrected chi connectivity index (χ4v) is 5.39. The van der Waals surface area contributed by atoms with Gasteiger partial charge in [-0.25, -0.2) is 19.2 Å². The molecule has 0 aliphatic carbocycles. The Hall–Kier alpha value is -4.12. The monoisotopic (exact) mass is 649 g/mol. The number of rotatable bonds is 12. The van der Waals surface area contributed by atoms with Crippen molar-refractivity contribution in [2.75, 3.05) is 13.2 Å². The molecule has 0 saturated carbocycles. The van der Waals surface area contributed by atoms with E-state index in [2.05, 4.69) is 26.8 Å². The third kappa shape index (κ3) is 7.27. The van der Waals surface area contributed by atoms with Gasteiger partial charge in [0.25, 0.3) is 5.91 Å². The lowest BCUT2D eigenvalue weighted by Crippen LogP contribution is -2.53. The number of ether oxygens (including phenoxy) is 2. The summed E-state index contributed by atoms with van der Waals surface area (Å²) < 4.78 is 40.4. The largest absolute Gasteiger partial charge is 0.494 e. The molecule has 0 aromatic heterocycles. The summed E-state index contributed by atoms with van der Waals surface area (Å²) in [5, 5.41) is 9.02. The number of aliphatic imine (C=N–C) groups is 1. The lowest BCUT2D eigenvalue weighted by atomic mass is 9.82. The van der Waals surface area contributed by atoms with Gasteiger partial charge < -0.3 is 14.6 Å². The molecule has 1 heterocycles. The summed E-state index contributed by atoms with van der Waals surface area (Å²) in [4.78, 5) is 19.2. The maximum Gasteiger partial charge on any atom is 0.266 e. The van der Waals surface area contributed by atoms with E-state index in [-0.39, 0.29) is 25.5 Å². The summed E-state index contributed by atoms with van der Waals surface area (Å²) in [7, 11) is 0. The average Bonchev–Trinajstić information content (AvgIpc) is 3.38. The van der Waals surface area contributed by atoms with Gasteiger partial charge in [0.15, 0.2) is 11.6 Å². The highest BCUT2D eigenvalue weighted by molar-refractivity contribution is 9.10. The SMILES string of the molecule is O=C(NNCc1cc(F)cc(F)c1)[C@@]1(Cc2ccccc2)N=C(c2ccc(OCCCO)cc2)O[C@H]1c1ccccc1Br. The summed E-state index contributed by atoms with van der Waals surface area (Å²) in [6, 6.07) is 27.3. The van der Waals surface area contributed by atoms with Crippen LogP contribution < -0.4 is 15.6 Å². The van der Waals surface area contributed by atoms with Crippen molar-refractivity contribution in [2.24, 2.45) is 4.99 Å². The van der Waals surface area contributed by atoms with Crippen molar-refractivity contribution < 1.29 is 28.2 Å². The van der Waals surface area contributed by atoms with E-state index in [1.807, 2.05) is 54.6 Å². The maximum absolute atomic E-state index is 14.2. The van der Waals surface area contributed by atoms with E-state index < -0.39 is 29.2 Å². The second-order valence-electron chi connectivity index (χ2n) is 10.1. The van der Waals surface area contributed by atoms with Crippen molar-refractivity contribution >= 4 is 27.7 Å². The number of hydrogen-bond acceptors (Lipinski definition) is 6. The van der Waals surface area contributed by atoms with Crippen LogP contribution in [0, 0.1) is 11.6 Å². The molecule has 3 N–H and O–H groups in total. The zero-order valence-electron chi connectivity index (χ0n) is 23.1. The Morgan fingerprint density at radius 1 is 0.953 bits per heavy atom. The molecule has 7 nitrogen and oxygen atoms in total. The number of aliphatic hydroxyl groups is 1. The molecule has 4 aromatic rings. The number of benzene rings is 4. The van der Waals surface area contributed by atoms with Crippen LogP contribution in [0.4, 0.5) is 8.78 Å². The third-order valence-electron chi connectivity index (χ3n) is 6.95. The molecule has 10 heteroatoms. The fraction of sp³-hybridized carbons (Fsp3) is 0.212.